The second kappa shape index (κ2) is 11.2. The van der Waals surface area contributed by atoms with E-state index in [-0.39, 0.29) is 24.9 Å². The number of ether oxygens (including phenoxy) is 1. The summed E-state index contributed by atoms with van der Waals surface area (Å²) < 4.78 is 5.60. The molecule has 0 aromatic heterocycles. The summed E-state index contributed by atoms with van der Waals surface area (Å²) in [7, 11) is 0. The molecule has 3 rings (SSSR count). The van der Waals surface area contributed by atoms with Crippen LogP contribution in [0.1, 0.15) is 69.9 Å². The molecule has 0 saturated carbocycles. The van der Waals surface area contributed by atoms with Gasteiger partial charge in [0.15, 0.2) is 0 Å². The summed E-state index contributed by atoms with van der Waals surface area (Å²) in [6.07, 6.45) is 1.71. The summed E-state index contributed by atoms with van der Waals surface area (Å²) in [6, 6.07) is 15.5. The Kier molecular flexibility index (Phi) is 8.31. The van der Waals surface area contributed by atoms with Crippen molar-refractivity contribution in [3.05, 3.63) is 59.7 Å². The molecular weight excluding hydrogens is 432 g/mol. The molecule has 1 unspecified atom stereocenters. The maximum Gasteiger partial charge on any atom is 0.407 e. The maximum absolute atomic E-state index is 12.9. The van der Waals surface area contributed by atoms with E-state index >= 15 is 0 Å². The van der Waals surface area contributed by atoms with Crippen molar-refractivity contribution in [2.75, 3.05) is 6.61 Å². The van der Waals surface area contributed by atoms with Gasteiger partial charge < -0.3 is 20.5 Å². The number of alkyl carbamates (subject to hydrolysis) is 1. The van der Waals surface area contributed by atoms with Crippen LogP contribution in [0.15, 0.2) is 48.5 Å². The summed E-state index contributed by atoms with van der Waals surface area (Å²) in [4.78, 5) is 36.5. The van der Waals surface area contributed by atoms with E-state index in [2.05, 4.69) is 34.9 Å². The van der Waals surface area contributed by atoms with Crippen molar-refractivity contribution in [2.45, 2.75) is 70.4 Å². The lowest BCUT2D eigenvalue weighted by Gasteiger charge is -2.28. The van der Waals surface area contributed by atoms with Gasteiger partial charge in [-0.15, -0.1) is 0 Å². The predicted molar refractivity (Wildman–Crippen MR) is 131 cm³/mol. The monoisotopic (exact) mass is 466 g/mol. The zero-order valence-electron chi connectivity index (χ0n) is 20.1. The lowest BCUT2D eigenvalue weighted by atomic mass is 9.97. The van der Waals surface area contributed by atoms with Crippen LogP contribution in [0.3, 0.4) is 0 Å². The van der Waals surface area contributed by atoms with Crippen LogP contribution in [-0.4, -0.2) is 41.3 Å². The number of unbranched alkanes of at least 4 members (excludes halogenated alkanes) is 1. The molecule has 1 aliphatic rings. The first-order valence-electron chi connectivity index (χ1n) is 11.9. The fourth-order valence-corrected chi connectivity index (χ4v) is 4.36. The molecule has 0 saturated heterocycles. The molecule has 2 aromatic rings. The van der Waals surface area contributed by atoms with E-state index in [1.165, 1.54) is 0 Å². The second-order valence-corrected chi connectivity index (χ2v) is 9.43. The molecule has 0 radical (unpaired) electrons. The van der Waals surface area contributed by atoms with Crippen LogP contribution in [0.5, 0.6) is 0 Å². The summed E-state index contributed by atoms with van der Waals surface area (Å²) in [5.74, 6) is -1.31. The van der Waals surface area contributed by atoms with Crippen LogP contribution in [-0.2, 0) is 14.3 Å². The van der Waals surface area contributed by atoms with E-state index in [9.17, 15) is 14.4 Å². The third kappa shape index (κ3) is 6.37. The Hall–Kier alpha value is -3.35. The SMILES string of the molecule is CCCCC(NC(=O)OCC1c2ccccc2-c2ccccc21)C(=O)NC(C)(C)CCC(=O)O. The van der Waals surface area contributed by atoms with Gasteiger partial charge in [0.2, 0.25) is 5.91 Å². The minimum Gasteiger partial charge on any atom is -0.481 e. The quantitative estimate of drug-likeness (QED) is 0.439. The number of fused-ring (bicyclic) bond motifs is 3. The van der Waals surface area contributed by atoms with Gasteiger partial charge in [0.05, 0.1) is 0 Å². The molecule has 7 heteroatoms. The Morgan fingerprint density at radius 1 is 1.03 bits per heavy atom. The zero-order chi connectivity index (χ0) is 24.7. The maximum atomic E-state index is 12.9. The molecule has 0 fully saturated rings. The minimum absolute atomic E-state index is 0.0489. The van der Waals surface area contributed by atoms with E-state index in [0.29, 0.717) is 12.8 Å². The van der Waals surface area contributed by atoms with Crippen LogP contribution in [0.25, 0.3) is 11.1 Å². The molecule has 1 aliphatic carbocycles. The van der Waals surface area contributed by atoms with Crippen molar-refractivity contribution in [1.29, 1.82) is 0 Å². The van der Waals surface area contributed by atoms with E-state index in [0.717, 1.165) is 35.1 Å². The van der Waals surface area contributed by atoms with Crippen LogP contribution in [0.2, 0.25) is 0 Å². The molecule has 0 aliphatic heterocycles. The summed E-state index contributed by atoms with van der Waals surface area (Å²) in [5.41, 5.74) is 3.84. The number of hydrogen-bond acceptors (Lipinski definition) is 4. The molecule has 1 atom stereocenters. The van der Waals surface area contributed by atoms with E-state index in [1.807, 2.05) is 31.2 Å². The minimum atomic E-state index is -0.915. The Bertz CT molecular complexity index is 988. The first-order valence-corrected chi connectivity index (χ1v) is 11.9. The van der Waals surface area contributed by atoms with Gasteiger partial charge in [-0.25, -0.2) is 4.79 Å². The van der Waals surface area contributed by atoms with Crippen LogP contribution >= 0.6 is 0 Å². The fraction of sp³-hybridized carbons (Fsp3) is 0.444. The average Bonchev–Trinajstić information content (AvgIpc) is 3.12. The largest absolute Gasteiger partial charge is 0.481 e. The number of hydrogen-bond donors (Lipinski definition) is 3. The standard InChI is InChI=1S/C27H34N2O5/c1-4-5-14-23(25(32)29-27(2,3)16-15-24(30)31)28-26(33)34-17-22-20-12-8-6-10-18(20)19-11-7-9-13-21(19)22/h6-13,22-23H,4-5,14-17H2,1-3H3,(H,28,33)(H,29,32)(H,30,31). The van der Waals surface area contributed by atoms with Crippen LogP contribution < -0.4 is 10.6 Å². The first kappa shape index (κ1) is 25.3. The number of carboxylic acids is 1. The summed E-state index contributed by atoms with van der Waals surface area (Å²) in [6.45, 7) is 5.74. The smallest absolute Gasteiger partial charge is 0.407 e. The molecular formula is C27H34N2O5. The number of carboxylic acid groups (broad SMARTS) is 1. The number of benzene rings is 2. The van der Waals surface area contributed by atoms with Crippen LogP contribution in [0, 0.1) is 0 Å². The molecule has 0 bridgehead atoms. The van der Waals surface area contributed by atoms with Crippen LogP contribution in [0.4, 0.5) is 4.79 Å². The number of amides is 2. The van der Waals surface area contributed by atoms with Gasteiger partial charge in [-0.1, -0.05) is 68.3 Å². The van der Waals surface area contributed by atoms with Gasteiger partial charge in [-0.05, 0) is 48.9 Å². The van der Waals surface area contributed by atoms with Crippen molar-refractivity contribution >= 4 is 18.0 Å². The second-order valence-electron chi connectivity index (χ2n) is 9.43. The number of nitrogens with one attached hydrogen (secondary N) is 2. The zero-order valence-corrected chi connectivity index (χ0v) is 20.1. The van der Waals surface area contributed by atoms with Gasteiger partial charge in [-0.3, -0.25) is 9.59 Å². The molecule has 182 valence electrons. The number of aliphatic carboxylic acids is 1. The van der Waals surface area contributed by atoms with Crippen molar-refractivity contribution < 1.29 is 24.2 Å². The van der Waals surface area contributed by atoms with Gasteiger partial charge in [0, 0.05) is 17.9 Å². The van der Waals surface area contributed by atoms with E-state index < -0.39 is 23.6 Å². The predicted octanol–water partition coefficient (Wildman–Crippen LogP) is 4.84. The van der Waals surface area contributed by atoms with Crippen molar-refractivity contribution in [2.24, 2.45) is 0 Å². The molecule has 2 aromatic carbocycles. The molecule has 34 heavy (non-hydrogen) atoms. The van der Waals surface area contributed by atoms with Gasteiger partial charge in [0.1, 0.15) is 12.6 Å². The normalized spacial score (nSPS) is 13.5. The summed E-state index contributed by atoms with van der Waals surface area (Å²) >= 11 is 0. The number of rotatable bonds is 11. The van der Waals surface area contributed by atoms with Crippen molar-refractivity contribution in [3.8, 4) is 11.1 Å². The Morgan fingerprint density at radius 2 is 1.62 bits per heavy atom. The third-order valence-corrected chi connectivity index (χ3v) is 6.22. The Balaban J connectivity index is 1.63. The van der Waals surface area contributed by atoms with Gasteiger partial charge in [-0.2, -0.15) is 0 Å². The topological polar surface area (TPSA) is 105 Å². The fourth-order valence-electron chi connectivity index (χ4n) is 4.36. The molecule has 3 N–H and O–H groups in total. The van der Waals surface area contributed by atoms with Gasteiger partial charge >= 0.3 is 12.1 Å². The molecule has 7 nitrogen and oxygen atoms in total. The molecule has 0 spiro atoms. The lowest BCUT2D eigenvalue weighted by Crippen LogP contribution is -2.53. The first-order chi connectivity index (χ1) is 16.2. The summed E-state index contributed by atoms with van der Waals surface area (Å²) in [5, 5.41) is 14.5. The third-order valence-electron chi connectivity index (χ3n) is 6.22. The van der Waals surface area contributed by atoms with E-state index in [4.69, 9.17) is 9.84 Å². The van der Waals surface area contributed by atoms with Gasteiger partial charge in [0.25, 0.3) is 0 Å². The highest BCUT2D eigenvalue weighted by atomic mass is 16.5. The molecule has 0 heterocycles. The molecule has 2 amide bonds. The van der Waals surface area contributed by atoms with Crippen molar-refractivity contribution in [1.82, 2.24) is 10.6 Å². The lowest BCUT2D eigenvalue weighted by molar-refractivity contribution is -0.138. The Labute approximate surface area is 200 Å². The number of carbonyl (C=O) groups is 3. The number of carbonyl (C=O) groups excluding carboxylic acids is 2. The Morgan fingerprint density at radius 3 is 2.18 bits per heavy atom. The van der Waals surface area contributed by atoms with Crippen molar-refractivity contribution in [3.63, 3.8) is 0 Å². The van der Waals surface area contributed by atoms with E-state index in [1.54, 1.807) is 13.8 Å². The highest BCUT2D eigenvalue weighted by Crippen LogP contribution is 2.44. The highest BCUT2D eigenvalue weighted by molar-refractivity contribution is 5.86. The highest BCUT2D eigenvalue weighted by Gasteiger charge is 2.31. The average molecular weight is 467 g/mol.